The SMILES string of the molecule is CC1CCN(Cc2ccccc2CNC(=O)CCc2nc(-c3ccc(Cl)cc3)no2)CC1. The van der Waals surface area contributed by atoms with Crippen LogP contribution in [0.3, 0.4) is 0 Å². The van der Waals surface area contributed by atoms with Crippen LogP contribution in [0.5, 0.6) is 0 Å². The Balaban J connectivity index is 1.26. The van der Waals surface area contributed by atoms with Crippen molar-refractivity contribution >= 4 is 17.5 Å². The molecule has 0 atom stereocenters. The summed E-state index contributed by atoms with van der Waals surface area (Å²) >= 11 is 5.92. The first kappa shape index (κ1) is 22.5. The zero-order chi connectivity index (χ0) is 22.3. The fourth-order valence-corrected chi connectivity index (χ4v) is 4.05. The van der Waals surface area contributed by atoms with Gasteiger partial charge in [0.25, 0.3) is 0 Å². The predicted octanol–water partition coefficient (Wildman–Crippen LogP) is 4.87. The van der Waals surface area contributed by atoms with Crippen LogP contribution in [-0.2, 0) is 24.3 Å². The molecule has 1 saturated heterocycles. The van der Waals surface area contributed by atoms with E-state index in [1.165, 1.54) is 24.0 Å². The number of benzene rings is 2. The summed E-state index contributed by atoms with van der Waals surface area (Å²) in [5.41, 5.74) is 3.28. The number of carbonyl (C=O) groups is 1. The Morgan fingerprint density at radius 2 is 1.84 bits per heavy atom. The van der Waals surface area contributed by atoms with Gasteiger partial charge in [-0.15, -0.1) is 0 Å². The van der Waals surface area contributed by atoms with E-state index in [0.29, 0.717) is 36.1 Å². The van der Waals surface area contributed by atoms with Gasteiger partial charge in [-0.05, 0) is 67.2 Å². The summed E-state index contributed by atoms with van der Waals surface area (Å²) < 4.78 is 5.29. The van der Waals surface area contributed by atoms with Crippen LogP contribution in [0, 0.1) is 5.92 Å². The molecule has 2 aromatic carbocycles. The van der Waals surface area contributed by atoms with Crippen molar-refractivity contribution < 1.29 is 9.32 Å². The molecule has 1 aliphatic rings. The summed E-state index contributed by atoms with van der Waals surface area (Å²) in [4.78, 5) is 19.3. The zero-order valence-electron chi connectivity index (χ0n) is 18.4. The largest absolute Gasteiger partial charge is 0.352 e. The van der Waals surface area contributed by atoms with Crippen molar-refractivity contribution in [1.29, 1.82) is 0 Å². The highest BCUT2D eigenvalue weighted by molar-refractivity contribution is 6.30. The Morgan fingerprint density at radius 1 is 1.12 bits per heavy atom. The highest BCUT2D eigenvalue weighted by Gasteiger charge is 2.17. The Bertz CT molecular complexity index is 1030. The lowest BCUT2D eigenvalue weighted by Crippen LogP contribution is -2.33. The van der Waals surface area contributed by atoms with Crippen molar-refractivity contribution in [1.82, 2.24) is 20.4 Å². The standard InChI is InChI=1S/C25H29ClN4O2/c1-18-12-14-30(15-13-18)17-21-5-3-2-4-20(21)16-27-23(31)10-11-24-28-25(29-32-24)19-6-8-22(26)9-7-19/h2-9,18H,10-17H2,1H3,(H,27,31). The predicted molar refractivity (Wildman–Crippen MR) is 125 cm³/mol. The molecule has 2 heterocycles. The fraction of sp³-hybridized carbons (Fsp3) is 0.400. The molecule has 0 bridgehead atoms. The van der Waals surface area contributed by atoms with Gasteiger partial charge in [0.05, 0.1) is 0 Å². The average Bonchev–Trinajstić information content (AvgIpc) is 3.28. The summed E-state index contributed by atoms with van der Waals surface area (Å²) in [7, 11) is 0. The third-order valence-electron chi connectivity index (χ3n) is 6.00. The van der Waals surface area contributed by atoms with Gasteiger partial charge in [0.15, 0.2) is 0 Å². The maximum Gasteiger partial charge on any atom is 0.227 e. The second kappa shape index (κ2) is 10.7. The Morgan fingerprint density at radius 3 is 2.59 bits per heavy atom. The lowest BCUT2D eigenvalue weighted by molar-refractivity contribution is -0.121. The second-order valence-corrected chi connectivity index (χ2v) is 8.96. The van der Waals surface area contributed by atoms with Gasteiger partial charge in [-0.1, -0.05) is 47.9 Å². The summed E-state index contributed by atoms with van der Waals surface area (Å²) in [5.74, 6) is 1.74. The number of hydrogen-bond donors (Lipinski definition) is 1. The van der Waals surface area contributed by atoms with Crippen LogP contribution in [0.1, 0.15) is 43.2 Å². The molecule has 1 aromatic heterocycles. The van der Waals surface area contributed by atoms with Crippen molar-refractivity contribution in [3.63, 3.8) is 0 Å². The number of aryl methyl sites for hydroxylation is 1. The van der Waals surface area contributed by atoms with E-state index in [4.69, 9.17) is 16.1 Å². The molecule has 1 aliphatic heterocycles. The molecule has 1 N–H and O–H groups in total. The fourth-order valence-electron chi connectivity index (χ4n) is 3.92. The van der Waals surface area contributed by atoms with E-state index in [-0.39, 0.29) is 5.91 Å². The third-order valence-corrected chi connectivity index (χ3v) is 6.25. The number of hydrogen-bond acceptors (Lipinski definition) is 5. The molecule has 0 unspecified atom stereocenters. The smallest absolute Gasteiger partial charge is 0.227 e. The molecule has 0 aliphatic carbocycles. The number of aromatic nitrogens is 2. The first-order chi connectivity index (χ1) is 15.6. The lowest BCUT2D eigenvalue weighted by Gasteiger charge is -2.30. The number of nitrogens with zero attached hydrogens (tertiary/aromatic N) is 3. The van der Waals surface area contributed by atoms with Gasteiger partial charge < -0.3 is 9.84 Å². The minimum Gasteiger partial charge on any atom is -0.352 e. The van der Waals surface area contributed by atoms with Gasteiger partial charge in [0.2, 0.25) is 17.6 Å². The van der Waals surface area contributed by atoms with Crippen molar-refractivity contribution in [2.24, 2.45) is 5.92 Å². The van der Waals surface area contributed by atoms with Crippen LogP contribution in [0.2, 0.25) is 5.02 Å². The molecule has 3 aromatic rings. The molecule has 6 nitrogen and oxygen atoms in total. The van der Waals surface area contributed by atoms with Gasteiger partial charge in [-0.2, -0.15) is 4.98 Å². The Kier molecular flexibility index (Phi) is 7.55. The molecule has 168 valence electrons. The molecule has 1 amide bonds. The van der Waals surface area contributed by atoms with E-state index in [1.54, 1.807) is 12.1 Å². The number of nitrogens with one attached hydrogen (secondary N) is 1. The monoisotopic (exact) mass is 452 g/mol. The normalized spacial score (nSPS) is 15.1. The molecule has 0 spiro atoms. The first-order valence-electron chi connectivity index (χ1n) is 11.2. The number of piperidine rings is 1. The van der Waals surface area contributed by atoms with Crippen LogP contribution in [0.25, 0.3) is 11.4 Å². The molecule has 4 rings (SSSR count). The van der Waals surface area contributed by atoms with Crippen LogP contribution in [0.15, 0.2) is 53.1 Å². The number of carbonyl (C=O) groups excluding carboxylic acids is 1. The number of rotatable bonds is 8. The second-order valence-electron chi connectivity index (χ2n) is 8.52. The quantitative estimate of drug-likeness (QED) is 0.527. The maximum atomic E-state index is 12.4. The Labute approximate surface area is 194 Å². The highest BCUT2D eigenvalue weighted by Crippen LogP contribution is 2.20. The van der Waals surface area contributed by atoms with Crippen LogP contribution < -0.4 is 5.32 Å². The number of amides is 1. The molecular formula is C25H29ClN4O2. The van der Waals surface area contributed by atoms with Crippen molar-refractivity contribution in [2.75, 3.05) is 13.1 Å². The number of halogens is 1. The van der Waals surface area contributed by atoms with E-state index in [0.717, 1.165) is 31.1 Å². The summed E-state index contributed by atoms with van der Waals surface area (Å²) in [6, 6.07) is 15.6. The van der Waals surface area contributed by atoms with Crippen LogP contribution >= 0.6 is 11.6 Å². The van der Waals surface area contributed by atoms with E-state index < -0.39 is 0 Å². The molecule has 7 heteroatoms. The topological polar surface area (TPSA) is 71.3 Å². The summed E-state index contributed by atoms with van der Waals surface area (Å²) in [6.45, 7) is 6.08. The molecule has 32 heavy (non-hydrogen) atoms. The molecule has 0 radical (unpaired) electrons. The Hall–Kier alpha value is -2.70. The molecule has 1 fully saturated rings. The van der Waals surface area contributed by atoms with Gasteiger partial charge >= 0.3 is 0 Å². The lowest BCUT2D eigenvalue weighted by atomic mass is 9.98. The van der Waals surface area contributed by atoms with E-state index in [9.17, 15) is 4.79 Å². The van der Waals surface area contributed by atoms with E-state index >= 15 is 0 Å². The van der Waals surface area contributed by atoms with E-state index in [2.05, 4.69) is 45.5 Å². The van der Waals surface area contributed by atoms with Gasteiger partial charge in [-0.3, -0.25) is 9.69 Å². The van der Waals surface area contributed by atoms with Crippen molar-refractivity contribution in [3.05, 3.63) is 70.6 Å². The van der Waals surface area contributed by atoms with Crippen molar-refractivity contribution in [3.8, 4) is 11.4 Å². The minimum absolute atomic E-state index is 0.0298. The van der Waals surface area contributed by atoms with Crippen molar-refractivity contribution in [2.45, 2.75) is 45.7 Å². The number of likely N-dealkylation sites (tertiary alicyclic amines) is 1. The minimum atomic E-state index is -0.0298. The van der Waals surface area contributed by atoms with Gasteiger partial charge in [0, 0.05) is 36.5 Å². The zero-order valence-corrected chi connectivity index (χ0v) is 19.1. The van der Waals surface area contributed by atoms with Crippen LogP contribution in [-0.4, -0.2) is 34.0 Å². The molecule has 0 saturated carbocycles. The summed E-state index contributed by atoms with van der Waals surface area (Å²) in [6.07, 6.45) is 3.22. The first-order valence-corrected chi connectivity index (χ1v) is 11.6. The third kappa shape index (κ3) is 6.17. The molecular weight excluding hydrogens is 424 g/mol. The van der Waals surface area contributed by atoms with Gasteiger partial charge in [0.1, 0.15) is 0 Å². The van der Waals surface area contributed by atoms with Crippen LogP contribution in [0.4, 0.5) is 0 Å². The maximum absolute atomic E-state index is 12.4. The average molecular weight is 453 g/mol. The van der Waals surface area contributed by atoms with Gasteiger partial charge in [-0.25, -0.2) is 0 Å². The summed E-state index contributed by atoms with van der Waals surface area (Å²) in [5, 5.41) is 7.68. The highest BCUT2D eigenvalue weighted by atomic mass is 35.5. The van der Waals surface area contributed by atoms with E-state index in [1.807, 2.05) is 18.2 Å².